The maximum absolute atomic E-state index is 12.7. The van der Waals surface area contributed by atoms with E-state index in [4.69, 9.17) is 4.42 Å². The van der Waals surface area contributed by atoms with Crippen LogP contribution < -0.4 is 5.32 Å². The molecule has 7 nitrogen and oxygen atoms in total. The fraction of sp³-hybridized carbons (Fsp3) is 0.462. The topological polar surface area (TPSA) is 88.3 Å². The summed E-state index contributed by atoms with van der Waals surface area (Å²) in [5.74, 6) is 1.22. The van der Waals surface area contributed by atoms with Gasteiger partial charge in [0.25, 0.3) is 0 Å². The molecule has 1 aromatic heterocycles. The van der Waals surface area contributed by atoms with E-state index >= 15 is 0 Å². The van der Waals surface area contributed by atoms with E-state index in [0.717, 1.165) is 48.7 Å². The summed E-state index contributed by atoms with van der Waals surface area (Å²) in [5.41, 5.74) is 0.858. The average molecular weight is 449 g/mol. The van der Waals surface area contributed by atoms with E-state index < -0.39 is 0 Å². The Morgan fingerprint density at radius 2 is 1.88 bits per heavy atom. The standard InChI is InChI=1S/C26H32N4O3/c1-3-22(31)11-5-4-6-12-23(27-24(32)21-16-30(2)17-21)26-29-28-25(33-26)20-14-13-18-9-7-8-10-19(18)15-20/h7-10,13-15,21,23H,3-6,11-12,16-17H2,1-2H3,(H,27,32). The minimum Gasteiger partial charge on any atom is -0.418 e. The predicted molar refractivity (Wildman–Crippen MR) is 127 cm³/mol. The third-order valence-corrected chi connectivity index (χ3v) is 6.33. The highest BCUT2D eigenvalue weighted by Gasteiger charge is 2.32. The number of carbonyl (C=O) groups is 2. The zero-order chi connectivity index (χ0) is 23.2. The van der Waals surface area contributed by atoms with Crippen LogP contribution in [0.25, 0.3) is 22.2 Å². The van der Waals surface area contributed by atoms with Crippen molar-refractivity contribution >= 4 is 22.5 Å². The van der Waals surface area contributed by atoms with Crippen LogP contribution in [0.2, 0.25) is 0 Å². The monoisotopic (exact) mass is 448 g/mol. The smallest absolute Gasteiger partial charge is 0.247 e. The lowest BCUT2D eigenvalue weighted by molar-refractivity contribution is -0.130. The van der Waals surface area contributed by atoms with Gasteiger partial charge in [0, 0.05) is 31.5 Å². The summed E-state index contributed by atoms with van der Waals surface area (Å²) in [5, 5.41) is 13.9. The number of nitrogens with zero attached hydrogens (tertiary/aromatic N) is 3. The third kappa shape index (κ3) is 5.85. The quantitative estimate of drug-likeness (QED) is 0.433. The molecule has 0 spiro atoms. The van der Waals surface area contributed by atoms with E-state index in [2.05, 4.69) is 32.5 Å². The van der Waals surface area contributed by atoms with E-state index in [0.29, 0.717) is 36.8 Å². The van der Waals surface area contributed by atoms with Gasteiger partial charge in [-0.15, -0.1) is 10.2 Å². The Kier molecular flexibility index (Phi) is 7.50. The van der Waals surface area contributed by atoms with Gasteiger partial charge in [-0.1, -0.05) is 50.1 Å². The predicted octanol–water partition coefficient (Wildman–Crippen LogP) is 4.54. The Bertz CT molecular complexity index is 1100. The highest BCUT2D eigenvalue weighted by atomic mass is 16.4. The summed E-state index contributed by atoms with van der Waals surface area (Å²) in [4.78, 5) is 26.4. The minimum atomic E-state index is -0.327. The van der Waals surface area contributed by atoms with Crippen LogP contribution in [-0.4, -0.2) is 46.9 Å². The van der Waals surface area contributed by atoms with Gasteiger partial charge < -0.3 is 14.6 Å². The van der Waals surface area contributed by atoms with E-state index in [9.17, 15) is 9.59 Å². The Balaban J connectivity index is 1.45. The lowest BCUT2D eigenvalue weighted by Crippen LogP contribution is -2.52. The Morgan fingerprint density at radius 1 is 1.09 bits per heavy atom. The van der Waals surface area contributed by atoms with Crippen molar-refractivity contribution in [1.29, 1.82) is 0 Å². The van der Waals surface area contributed by atoms with Crippen molar-refractivity contribution in [2.24, 2.45) is 5.92 Å². The van der Waals surface area contributed by atoms with Crippen LogP contribution in [0.3, 0.4) is 0 Å². The van der Waals surface area contributed by atoms with Crippen LogP contribution >= 0.6 is 0 Å². The van der Waals surface area contributed by atoms with Gasteiger partial charge >= 0.3 is 0 Å². The molecule has 4 rings (SSSR count). The van der Waals surface area contributed by atoms with Crippen molar-refractivity contribution in [2.75, 3.05) is 20.1 Å². The summed E-state index contributed by atoms with van der Waals surface area (Å²) < 4.78 is 6.05. The molecule has 1 atom stereocenters. The summed E-state index contributed by atoms with van der Waals surface area (Å²) in [6.07, 6.45) is 4.58. The number of fused-ring (bicyclic) bond motifs is 1. The van der Waals surface area contributed by atoms with Crippen molar-refractivity contribution in [3.63, 3.8) is 0 Å². The number of ketones is 1. The number of benzene rings is 2. The zero-order valence-electron chi connectivity index (χ0n) is 19.4. The van der Waals surface area contributed by atoms with Gasteiger partial charge in [0.2, 0.25) is 17.7 Å². The molecule has 1 saturated heterocycles. The van der Waals surface area contributed by atoms with Gasteiger partial charge in [0.05, 0.1) is 5.92 Å². The van der Waals surface area contributed by atoms with Gasteiger partial charge in [0.15, 0.2) is 0 Å². The van der Waals surface area contributed by atoms with Crippen molar-refractivity contribution in [3.05, 3.63) is 48.4 Å². The first-order valence-corrected chi connectivity index (χ1v) is 11.9. The summed E-state index contributed by atoms with van der Waals surface area (Å²) in [7, 11) is 2.01. The van der Waals surface area contributed by atoms with Crippen molar-refractivity contribution in [2.45, 2.75) is 51.5 Å². The van der Waals surface area contributed by atoms with E-state index in [1.165, 1.54) is 0 Å². The summed E-state index contributed by atoms with van der Waals surface area (Å²) >= 11 is 0. The lowest BCUT2D eigenvalue weighted by Gasteiger charge is -2.35. The first-order valence-electron chi connectivity index (χ1n) is 11.9. The van der Waals surface area contributed by atoms with Crippen LogP contribution in [0.5, 0.6) is 0 Å². The molecule has 1 aliphatic heterocycles. The fourth-order valence-electron chi connectivity index (χ4n) is 4.25. The van der Waals surface area contributed by atoms with E-state index in [1.54, 1.807) is 0 Å². The molecule has 1 aliphatic rings. The Hall–Kier alpha value is -3.06. The molecule has 3 aromatic rings. The number of aromatic nitrogens is 2. The maximum atomic E-state index is 12.7. The Labute approximate surface area is 194 Å². The second-order valence-corrected chi connectivity index (χ2v) is 8.98. The molecule has 1 fully saturated rings. The first-order chi connectivity index (χ1) is 16.0. The van der Waals surface area contributed by atoms with Crippen molar-refractivity contribution < 1.29 is 14.0 Å². The van der Waals surface area contributed by atoms with Gasteiger partial charge in [0.1, 0.15) is 11.8 Å². The molecule has 7 heteroatoms. The number of hydrogen-bond donors (Lipinski definition) is 1. The van der Waals surface area contributed by atoms with Crippen LogP contribution in [0.15, 0.2) is 46.9 Å². The van der Waals surface area contributed by atoms with Gasteiger partial charge in [-0.05, 0) is 42.8 Å². The molecule has 0 aliphatic carbocycles. The number of likely N-dealkylation sites (tertiary alicyclic amines) is 1. The molecule has 0 saturated carbocycles. The molecule has 33 heavy (non-hydrogen) atoms. The molecule has 1 amide bonds. The van der Waals surface area contributed by atoms with Gasteiger partial charge in [-0.2, -0.15) is 0 Å². The van der Waals surface area contributed by atoms with E-state index in [-0.39, 0.29) is 17.9 Å². The highest BCUT2D eigenvalue weighted by Crippen LogP contribution is 2.27. The van der Waals surface area contributed by atoms with Crippen LogP contribution in [-0.2, 0) is 9.59 Å². The fourth-order valence-corrected chi connectivity index (χ4v) is 4.25. The largest absolute Gasteiger partial charge is 0.418 e. The minimum absolute atomic E-state index is 0.00237. The number of Topliss-reactive ketones (excluding diaryl/α,β-unsaturated/α-hetero) is 1. The summed E-state index contributed by atoms with van der Waals surface area (Å²) in [6.45, 7) is 3.43. The number of hydrogen-bond acceptors (Lipinski definition) is 6. The molecule has 174 valence electrons. The van der Waals surface area contributed by atoms with E-state index in [1.807, 2.05) is 44.3 Å². The number of amides is 1. The molecule has 1 unspecified atom stereocenters. The number of unbranched alkanes of at least 4 members (excludes halogenated alkanes) is 2. The highest BCUT2D eigenvalue weighted by molar-refractivity contribution is 5.86. The Morgan fingerprint density at radius 3 is 2.64 bits per heavy atom. The normalized spacial score (nSPS) is 15.3. The molecule has 0 bridgehead atoms. The second kappa shape index (κ2) is 10.7. The van der Waals surface area contributed by atoms with Crippen LogP contribution in [0.4, 0.5) is 0 Å². The lowest BCUT2D eigenvalue weighted by atomic mass is 9.99. The first kappa shape index (κ1) is 23.1. The number of rotatable bonds is 11. The van der Waals surface area contributed by atoms with Crippen molar-refractivity contribution in [3.8, 4) is 11.5 Å². The SMILES string of the molecule is CCC(=O)CCCCCC(NC(=O)C1CN(C)C1)c1nnc(-c2ccc3ccccc3c2)o1. The molecular formula is C26H32N4O3. The summed E-state index contributed by atoms with van der Waals surface area (Å²) in [6, 6.07) is 13.9. The third-order valence-electron chi connectivity index (χ3n) is 6.33. The molecule has 0 radical (unpaired) electrons. The number of carbonyl (C=O) groups excluding carboxylic acids is 2. The van der Waals surface area contributed by atoms with Gasteiger partial charge in [-0.25, -0.2) is 0 Å². The van der Waals surface area contributed by atoms with Crippen LogP contribution in [0, 0.1) is 5.92 Å². The second-order valence-electron chi connectivity index (χ2n) is 8.98. The number of nitrogens with one attached hydrogen (secondary N) is 1. The average Bonchev–Trinajstić information content (AvgIpc) is 3.30. The molecule has 1 N–H and O–H groups in total. The van der Waals surface area contributed by atoms with Gasteiger partial charge in [-0.3, -0.25) is 9.59 Å². The zero-order valence-corrected chi connectivity index (χ0v) is 19.4. The maximum Gasteiger partial charge on any atom is 0.247 e. The van der Waals surface area contributed by atoms with Crippen LogP contribution in [0.1, 0.15) is 57.4 Å². The molecule has 2 aromatic carbocycles. The van der Waals surface area contributed by atoms with Crippen molar-refractivity contribution in [1.82, 2.24) is 20.4 Å². The molecular weight excluding hydrogens is 416 g/mol. The molecule has 2 heterocycles.